The van der Waals surface area contributed by atoms with E-state index >= 15 is 0 Å². The van der Waals surface area contributed by atoms with Crippen LogP contribution < -0.4 is 14.8 Å². The summed E-state index contributed by atoms with van der Waals surface area (Å²) in [6.07, 6.45) is 0. The molecule has 0 aliphatic heterocycles. The summed E-state index contributed by atoms with van der Waals surface area (Å²) in [5, 5.41) is 4.59. The number of amides is 1. The maximum absolute atomic E-state index is 12.1. The van der Waals surface area contributed by atoms with Crippen molar-refractivity contribution in [3.8, 4) is 11.5 Å². The van der Waals surface area contributed by atoms with Crippen molar-refractivity contribution in [3.05, 3.63) is 39.0 Å². The van der Waals surface area contributed by atoms with Crippen molar-refractivity contribution < 1.29 is 14.3 Å². The van der Waals surface area contributed by atoms with E-state index in [1.807, 2.05) is 0 Å². The number of hydrogen-bond donors (Lipinski definition) is 1. The van der Waals surface area contributed by atoms with Crippen LogP contribution in [0.25, 0.3) is 0 Å². The van der Waals surface area contributed by atoms with Crippen molar-refractivity contribution in [3.63, 3.8) is 0 Å². The lowest BCUT2D eigenvalue weighted by Crippen LogP contribution is -2.11. The van der Waals surface area contributed by atoms with Crippen molar-refractivity contribution >= 4 is 38.9 Å². The van der Waals surface area contributed by atoms with Crippen molar-refractivity contribution in [2.75, 3.05) is 19.5 Å². The van der Waals surface area contributed by atoms with E-state index < -0.39 is 0 Å². The van der Waals surface area contributed by atoms with E-state index in [9.17, 15) is 4.79 Å². The highest BCUT2D eigenvalue weighted by Gasteiger charge is 2.12. The first-order chi connectivity index (χ1) is 9.13. The lowest BCUT2D eigenvalue weighted by atomic mass is 10.2. The topological polar surface area (TPSA) is 47.6 Å². The summed E-state index contributed by atoms with van der Waals surface area (Å²) >= 11 is 4.79. The Balaban J connectivity index is 2.24. The molecule has 0 fully saturated rings. The second-order valence-corrected chi connectivity index (χ2v) is 5.95. The quantitative estimate of drug-likeness (QED) is 0.920. The largest absolute Gasteiger partial charge is 0.497 e. The molecular weight excluding hydrogens is 330 g/mol. The zero-order chi connectivity index (χ0) is 13.8. The normalized spacial score (nSPS) is 10.1. The molecule has 0 radical (unpaired) electrons. The van der Waals surface area contributed by atoms with Crippen LogP contribution in [0.2, 0.25) is 0 Å². The second-order valence-electron chi connectivity index (χ2n) is 3.66. The van der Waals surface area contributed by atoms with Gasteiger partial charge in [-0.05, 0) is 34.1 Å². The van der Waals surface area contributed by atoms with Crippen LogP contribution >= 0.6 is 27.3 Å². The number of halogens is 1. The van der Waals surface area contributed by atoms with E-state index in [1.165, 1.54) is 11.3 Å². The van der Waals surface area contributed by atoms with E-state index in [-0.39, 0.29) is 5.91 Å². The molecule has 2 aromatic rings. The predicted octanol–water partition coefficient (Wildman–Crippen LogP) is 3.78. The lowest BCUT2D eigenvalue weighted by Gasteiger charge is -2.11. The first-order valence-corrected chi connectivity index (χ1v) is 7.08. The molecule has 0 aliphatic rings. The van der Waals surface area contributed by atoms with Crippen LogP contribution in [-0.4, -0.2) is 20.1 Å². The Hall–Kier alpha value is -1.53. The third kappa shape index (κ3) is 3.27. The number of carbonyl (C=O) groups excluding carboxylic acids is 1. The van der Waals surface area contributed by atoms with Gasteiger partial charge in [-0.15, -0.1) is 11.3 Å². The van der Waals surface area contributed by atoms with Gasteiger partial charge < -0.3 is 14.8 Å². The number of hydrogen-bond acceptors (Lipinski definition) is 4. The predicted molar refractivity (Wildman–Crippen MR) is 79.5 cm³/mol. The number of rotatable bonds is 4. The Labute approximate surface area is 123 Å². The van der Waals surface area contributed by atoms with Gasteiger partial charge >= 0.3 is 0 Å². The monoisotopic (exact) mass is 341 g/mol. The fourth-order valence-electron chi connectivity index (χ4n) is 1.54. The average Bonchev–Trinajstić information content (AvgIpc) is 2.85. The van der Waals surface area contributed by atoms with Crippen LogP contribution in [-0.2, 0) is 0 Å². The van der Waals surface area contributed by atoms with Crippen molar-refractivity contribution in [1.29, 1.82) is 0 Å². The van der Waals surface area contributed by atoms with Gasteiger partial charge in [-0.25, -0.2) is 0 Å². The fourth-order valence-corrected chi connectivity index (χ4v) is 2.67. The maximum Gasteiger partial charge on any atom is 0.256 e. The molecule has 0 spiro atoms. The van der Waals surface area contributed by atoms with Gasteiger partial charge in [0, 0.05) is 11.4 Å². The van der Waals surface area contributed by atoms with Crippen molar-refractivity contribution in [1.82, 2.24) is 0 Å². The molecule has 1 aromatic heterocycles. The summed E-state index contributed by atoms with van der Waals surface area (Å²) in [5.74, 6) is 1.06. The zero-order valence-corrected chi connectivity index (χ0v) is 12.8. The molecule has 4 nitrogen and oxygen atoms in total. The van der Waals surface area contributed by atoms with Gasteiger partial charge in [-0.1, -0.05) is 0 Å². The standard InChI is InChI=1S/C13H12BrNO3S/c1-17-9-3-4-11(18-2)10(6-9)15-13(16)8-5-12(14)19-7-8/h3-7H,1-2H3,(H,15,16). The fraction of sp³-hybridized carbons (Fsp3) is 0.154. The number of anilines is 1. The third-order valence-electron chi connectivity index (χ3n) is 2.48. The van der Waals surface area contributed by atoms with Gasteiger partial charge in [-0.2, -0.15) is 0 Å². The third-order valence-corrected chi connectivity index (χ3v) is 3.99. The van der Waals surface area contributed by atoms with Gasteiger partial charge in [0.2, 0.25) is 0 Å². The molecular formula is C13H12BrNO3S. The summed E-state index contributed by atoms with van der Waals surface area (Å²) < 4.78 is 11.3. The number of methoxy groups -OCH3 is 2. The van der Waals surface area contributed by atoms with Crippen LogP contribution in [0.15, 0.2) is 33.4 Å². The number of nitrogens with one attached hydrogen (secondary N) is 1. The minimum atomic E-state index is -0.187. The first kappa shape index (κ1) is 13.9. The molecule has 19 heavy (non-hydrogen) atoms. The van der Waals surface area contributed by atoms with E-state index in [1.54, 1.807) is 43.9 Å². The smallest absolute Gasteiger partial charge is 0.256 e. The average molecular weight is 342 g/mol. The molecule has 100 valence electrons. The summed E-state index contributed by atoms with van der Waals surface area (Å²) in [7, 11) is 3.13. The van der Waals surface area contributed by atoms with Crippen LogP contribution in [0, 0.1) is 0 Å². The SMILES string of the molecule is COc1ccc(OC)c(NC(=O)c2csc(Br)c2)c1. The number of benzene rings is 1. The maximum atomic E-state index is 12.1. The summed E-state index contributed by atoms with van der Waals surface area (Å²) in [6, 6.07) is 7.01. The van der Waals surface area contributed by atoms with Gasteiger partial charge in [0.1, 0.15) is 11.5 Å². The first-order valence-electron chi connectivity index (χ1n) is 5.41. The number of ether oxygens (including phenoxy) is 2. The molecule has 1 aromatic carbocycles. The molecule has 0 saturated carbocycles. The highest BCUT2D eigenvalue weighted by molar-refractivity contribution is 9.11. The molecule has 2 rings (SSSR count). The van der Waals surface area contributed by atoms with Crippen LogP contribution in [0.3, 0.4) is 0 Å². The number of carbonyl (C=O) groups is 1. The van der Waals surface area contributed by atoms with E-state index in [0.717, 1.165) is 3.79 Å². The van der Waals surface area contributed by atoms with Crippen molar-refractivity contribution in [2.24, 2.45) is 0 Å². The van der Waals surface area contributed by atoms with Gasteiger partial charge in [-0.3, -0.25) is 4.79 Å². The molecule has 0 aliphatic carbocycles. The summed E-state index contributed by atoms with van der Waals surface area (Å²) in [6.45, 7) is 0. The van der Waals surface area contributed by atoms with Gasteiger partial charge in [0.25, 0.3) is 5.91 Å². The van der Waals surface area contributed by atoms with Crippen molar-refractivity contribution in [2.45, 2.75) is 0 Å². The Morgan fingerprint density at radius 3 is 2.63 bits per heavy atom. The van der Waals surface area contributed by atoms with Crippen LogP contribution in [0.1, 0.15) is 10.4 Å². The minimum Gasteiger partial charge on any atom is -0.497 e. The van der Waals surface area contributed by atoms with Gasteiger partial charge in [0.05, 0.1) is 29.3 Å². The Morgan fingerprint density at radius 2 is 2.05 bits per heavy atom. The molecule has 0 atom stereocenters. The van der Waals surface area contributed by atoms with Crippen LogP contribution in [0.5, 0.6) is 11.5 Å². The number of thiophene rings is 1. The molecule has 0 unspecified atom stereocenters. The molecule has 6 heteroatoms. The lowest BCUT2D eigenvalue weighted by molar-refractivity contribution is 0.102. The Bertz CT molecular complexity index is 597. The Kier molecular flexibility index (Phi) is 4.44. The Morgan fingerprint density at radius 1 is 1.26 bits per heavy atom. The van der Waals surface area contributed by atoms with E-state index in [2.05, 4.69) is 21.2 Å². The molecule has 1 heterocycles. The summed E-state index contributed by atoms with van der Waals surface area (Å²) in [5.41, 5.74) is 1.18. The van der Waals surface area contributed by atoms with E-state index in [0.29, 0.717) is 22.7 Å². The summed E-state index contributed by atoms with van der Waals surface area (Å²) in [4.78, 5) is 12.1. The minimum absolute atomic E-state index is 0.187. The molecule has 0 bridgehead atoms. The highest BCUT2D eigenvalue weighted by atomic mass is 79.9. The van der Waals surface area contributed by atoms with Crippen LogP contribution in [0.4, 0.5) is 5.69 Å². The zero-order valence-electron chi connectivity index (χ0n) is 10.4. The van der Waals surface area contributed by atoms with Gasteiger partial charge in [0.15, 0.2) is 0 Å². The highest BCUT2D eigenvalue weighted by Crippen LogP contribution is 2.30. The molecule has 0 saturated heterocycles. The molecule has 1 amide bonds. The molecule has 1 N–H and O–H groups in total. The second kappa shape index (κ2) is 6.08. The van der Waals surface area contributed by atoms with E-state index in [4.69, 9.17) is 9.47 Å².